The van der Waals surface area contributed by atoms with Crippen molar-refractivity contribution < 1.29 is 22.8 Å². The first-order valence-corrected chi connectivity index (χ1v) is 8.43. The summed E-state index contributed by atoms with van der Waals surface area (Å²) in [6.07, 6.45) is 0. The number of rotatable bonds is 7. The molecule has 0 atom stereocenters. The topological polar surface area (TPSA) is 55.6 Å². The number of hydrogen-bond donors (Lipinski definition) is 0. The largest absolute Gasteiger partial charge is 0.485 e. The fourth-order valence-corrected chi connectivity index (χ4v) is 2.50. The van der Waals surface area contributed by atoms with Crippen molar-refractivity contribution in [2.45, 2.75) is 20.1 Å². The maximum Gasteiger partial charge on any atom is 0.276 e. The molecule has 0 fully saturated rings. The van der Waals surface area contributed by atoms with Crippen LogP contribution in [0.1, 0.15) is 28.7 Å². The molecule has 1 heterocycles. The van der Waals surface area contributed by atoms with Crippen molar-refractivity contribution in [3.05, 3.63) is 83.2 Å². The van der Waals surface area contributed by atoms with Gasteiger partial charge in [0.25, 0.3) is 5.91 Å². The van der Waals surface area contributed by atoms with Crippen molar-refractivity contribution in [1.82, 2.24) is 10.1 Å². The fourth-order valence-electron chi connectivity index (χ4n) is 2.50. The Bertz CT molecular complexity index is 913. The summed E-state index contributed by atoms with van der Waals surface area (Å²) in [7, 11) is 0. The van der Waals surface area contributed by atoms with E-state index in [0.717, 1.165) is 17.7 Å². The maximum absolute atomic E-state index is 13.2. The zero-order valence-electron chi connectivity index (χ0n) is 14.7. The van der Waals surface area contributed by atoms with Crippen LogP contribution in [0.4, 0.5) is 8.78 Å². The van der Waals surface area contributed by atoms with Crippen LogP contribution in [0.3, 0.4) is 0 Å². The lowest BCUT2D eigenvalue weighted by Crippen LogP contribution is -2.30. The van der Waals surface area contributed by atoms with Gasteiger partial charge in [-0.2, -0.15) is 0 Å². The molecule has 0 unspecified atom stereocenters. The second-order valence-electron chi connectivity index (χ2n) is 5.85. The van der Waals surface area contributed by atoms with Crippen molar-refractivity contribution in [2.75, 3.05) is 6.54 Å². The molecule has 7 heteroatoms. The highest BCUT2D eigenvalue weighted by Gasteiger charge is 2.19. The van der Waals surface area contributed by atoms with Gasteiger partial charge in [0.15, 0.2) is 23.1 Å². The van der Waals surface area contributed by atoms with Gasteiger partial charge in [0.1, 0.15) is 12.4 Å². The van der Waals surface area contributed by atoms with E-state index >= 15 is 0 Å². The number of halogens is 2. The highest BCUT2D eigenvalue weighted by molar-refractivity contribution is 5.92. The SMILES string of the molecule is CCN(Cc1ccccc1)C(=O)c1cc(COc2ccc(F)c(F)c2)on1. The third-order valence-corrected chi connectivity index (χ3v) is 3.94. The normalized spacial score (nSPS) is 10.6. The predicted molar refractivity (Wildman–Crippen MR) is 94.0 cm³/mol. The summed E-state index contributed by atoms with van der Waals surface area (Å²) >= 11 is 0. The van der Waals surface area contributed by atoms with Crippen LogP contribution in [0, 0.1) is 11.6 Å². The Morgan fingerprint density at radius 1 is 1.11 bits per heavy atom. The molecule has 0 aliphatic carbocycles. The smallest absolute Gasteiger partial charge is 0.276 e. The van der Waals surface area contributed by atoms with Gasteiger partial charge in [-0.25, -0.2) is 8.78 Å². The molecule has 2 aromatic carbocycles. The summed E-state index contributed by atoms with van der Waals surface area (Å²) in [6.45, 7) is 2.80. The molecule has 0 spiro atoms. The third kappa shape index (κ3) is 4.69. The summed E-state index contributed by atoms with van der Waals surface area (Å²) < 4.78 is 36.6. The van der Waals surface area contributed by atoms with E-state index in [1.54, 1.807) is 4.90 Å². The number of hydrogen-bond acceptors (Lipinski definition) is 4. The lowest BCUT2D eigenvalue weighted by Gasteiger charge is -2.19. The molecule has 140 valence electrons. The molecule has 0 N–H and O–H groups in total. The van der Waals surface area contributed by atoms with E-state index in [9.17, 15) is 13.6 Å². The van der Waals surface area contributed by atoms with Crippen LogP contribution in [0.5, 0.6) is 5.75 Å². The first-order chi connectivity index (χ1) is 13.1. The molecule has 0 saturated heterocycles. The zero-order valence-corrected chi connectivity index (χ0v) is 14.7. The van der Waals surface area contributed by atoms with Crippen molar-refractivity contribution >= 4 is 5.91 Å². The molecular formula is C20H18F2N2O3. The molecule has 0 radical (unpaired) electrons. The van der Waals surface area contributed by atoms with Crippen LogP contribution >= 0.6 is 0 Å². The van der Waals surface area contributed by atoms with Gasteiger partial charge < -0.3 is 14.2 Å². The molecule has 0 aliphatic rings. The third-order valence-electron chi connectivity index (χ3n) is 3.94. The van der Waals surface area contributed by atoms with Gasteiger partial charge in [-0.3, -0.25) is 4.79 Å². The summed E-state index contributed by atoms with van der Waals surface area (Å²) in [6, 6.07) is 14.3. The minimum atomic E-state index is -1.000. The first kappa shape index (κ1) is 18.6. The summed E-state index contributed by atoms with van der Waals surface area (Å²) in [5.41, 5.74) is 1.18. The standard InChI is InChI=1S/C20H18F2N2O3/c1-2-24(12-14-6-4-3-5-7-14)20(25)19-11-16(27-23-19)13-26-15-8-9-17(21)18(22)10-15/h3-11H,2,12-13H2,1H3. The van der Waals surface area contributed by atoms with E-state index in [2.05, 4.69) is 5.16 Å². The number of ether oxygens (including phenoxy) is 1. The predicted octanol–water partition coefficient (Wildman–Crippen LogP) is 4.19. The number of nitrogens with zero attached hydrogens (tertiary/aromatic N) is 2. The van der Waals surface area contributed by atoms with Crippen LogP contribution in [0.25, 0.3) is 0 Å². The molecule has 5 nitrogen and oxygen atoms in total. The van der Waals surface area contributed by atoms with Crippen molar-refractivity contribution in [1.29, 1.82) is 0 Å². The van der Waals surface area contributed by atoms with Crippen LogP contribution in [0.15, 0.2) is 59.1 Å². The first-order valence-electron chi connectivity index (χ1n) is 8.43. The molecular weight excluding hydrogens is 354 g/mol. The number of aromatic nitrogens is 1. The Morgan fingerprint density at radius 3 is 2.59 bits per heavy atom. The van der Waals surface area contributed by atoms with Crippen molar-refractivity contribution in [3.8, 4) is 5.75 Å². The summed E-state index contributed by atoms with van der Waals surface area (Å²) in [5.74, 6) is -1.76. The van der Waals surface area contributed by atoms with E-state index in [-0.39, 0.29) is 24.0 Å². The van der Waals surface area contributed by atoms with Gasteiger partial charge in [0, 0.05) is 25.2 Å². The number of benzene rings is 2. The lowest BCUT2D eigenvalue weighted by molar-refractivity contribution is 0.0742. The zero-order chi connectivity index (χ0) is 19.2. The Kier molecular flexibility index (Phi) is 5.80. The molecule has 0 bridgehead atoms. The Hall–Kier alpha value is -3.22. The minimum Gasteiger partial charge on any atom is -0.485 e. The summed E-state index contributed by atoms with van der Waals surface area (Å²) in [5, 5.41) is 3.79. The van der Waals surface area contributed by atoms with Crippen molar-refractivity contribution in [3.63, 3.8) is 0 Å². The van der Waals surface area contributed by atoms with Gasteiger partial charge in [-0.1, -0.05) is 35.5 Å². The van der Waals surface area contributed by atoms with E-state index < -0.39 is 11.6 Å². The maximum atomic E-state index is 13.2. The van der Waals surface area contributed by atoms with Gasteiger partial charge in [-0.15, -0.1) is 0 Å². The molecule has 3 rings (SSSR count). The second kappa shape index (κ2) is 8.44. The minimum absolute atomic E-state index is 0.0594. The highest BCUT2D eigenvalue weighted by Crippen LogP contribution is 2.18. The van der Waals surface area contributed by atoms with Crippen LogP contribution in [0.2, 0.25) is 0 Å². The molecule has 27 heavy (non-hydrogen) atoms. The molecule has 1 amide bonds. The summed E-state index contributed by atoms with van der Waals surface area (Å²) in [4.78, 5) is 14.3. The second-order valence-corrected chi connectivity index (χ2v) is 5.85. The average Bonchev–Trinajstić information content (AvgIpc) is 3.16. The van der Waals surface area contributed by atoms with Crippen LogP contribution < -0.4 is 4.74 Å². The Balaban J connectivity index is 1.63. The molecule has 1 aromatic heterocycles. The lowest BCUT2D eigenvalue weighted by atomic mass is 10.2. The van der Waals surface area contributed by atoms with Gasteiger partial charge in [0.05, 0.1) is 0 Å². The Morgan fingerprint density at radius 2 is 1.89 bits per heavy atom. The monoisotopic (exact) mass is 372 g/mol. The van der Waals surface area contributed by atoms with Crippen molar-refractivity contribution in [2.24, 2.45) is 0 Å². The number of carbonyl (C=O) groups is 1. The highest BCUT2D eigenvalue weighted by atomic mass is 19.2. The molecule has 0 aliphatic heterocycles. The van der Waals surface area contributed by atoms with E-state index in [1.165, 1.54) is 12.1 Å². The fraction of sp³-hybridized carbons (Fsp3) is 0.200. The molecule has 3 aromatic rings. The van der Waals surface area contributed by atoms with Gasteiger partial charge in [0.2, 0.25) is 0 Å². The van der Waals surface area contributed by atoms with Crippen LogP contribution in [-0.4, -0.2) is 22.5 Å². The number of carbonyl (C=O) groups excluding carboxylic acids is 1. The number of amides is 1. The molecule has 0 saturated carbocycles. The van der Waals surface area contributed by atoms with Gasteiger partial charge >= 0.3 is 0 Å². The van der Waals surface area contributed by atoms with E-state index in [4.69, 9.17) is 9.26 Å². The van der Waals surface area contributed by atoms with Gasteiger partial charge in [-0.05, 0) is 24.6 Å². The van der Waals surface area contributed by atoms with E-state index in [0.29, 0.717) is 18.8 Å². The quantitative estimate of drug-likeness (QED) is 0.624. The Labute approximate surface area is 155 Å². The van der Waals surface area contributed by atoms with Crippen LogP contribution in [-0.2, 0) is 13.2 Å². The van der Waals surface area contributed by atoms with E-state index in [1.807, 2.05) is 37.3 Å². The average molecular weight is 372 g/mol.